The van der Waals surface area contributed by atoms with Crippen molar-refractivity contribution in [3.05, 3.63) is 29.7 Å². The molecule has 0 radical (unpaired) electrons. The van der Waals surface area contributed by atoms with E-state index in [1.807, 2.05) is 25.0 Å². The van der Waals surface area contributed by atoms with Crippen LogP contribution in [0.5, 0.6) is 0 Å². The van der Waals surface area contributed by atoms with Crippen molar-refractivity contribution in [2.45, 2.75) is 12.1 Å². The molecule has 19 heavy (non-hydrogen) atoms. The maximum atomic E-state index is 6.08. The molecule has 0 bridgehead atoms. The molecule has 0 saturated carbocycles. The summed E-state index contributed by atoms with van der Waals surface area (Å²) >= 11 is 1.82. The van der Waals surface area contributed by atoms with E-state index in [9.17, 15) is 0 Å². The second-order valence-corrected chi connectivity index (χ2v) is 5.50. The first-order chi connectivity index (χ1) is 9.24. The Balaban J connectivity index is 1.76. The predicted octanol–water partition coefficient (Wildman–Crippen LogP) is 0.656. The Kier molecular flexibility index (Phi) is 3.54. The average molecular weight is 281 g/mol. The Morgan fingerprint density at radius 3 is 3.16 bits per heavy atom. The highest BCUT2D eigenvalue weighted by Crippen LogP contribution is 2.26. The van der Waals surface area contributed by atoms with Gasteiger partial charge in [-0.05, 0) is 0 Å². The molecule has 2 aromatic rings. The number of hydrogen-bond acceptors (Lipinski definition) is 7. The maximum Gasteiger partial charge on any atom is 0.248 e. The van der Waals surface area contributed by atoms with Crippen LogP contribution in [0.4, 0.5) is 0 Å². The van der Waals surface area contributed by atoms with Crippen molar-refractivity contribution < 1.29 is 9.26 Å². The quantitative estimate of drug-likeness (QED) is 0.883. The minimum absolute atomic E-state index is 0.0997. The minimum Gasteiger partial charge on any atom is -0.368 e. The van der Waals surface area contributed by atoms with Gasteiger partial charge in [0.15, 0.2) is 0 Å². The van der Waals surface area contributed by atoms with Crippen LogP contribution >= 0.6 is 11.8 Å². The molecule has 2 atom stereocenters. The van der Waals surface area contributed by atoms with Crippen LogP contribution in [0.3, 0.4) is 0 Å². The van der Waals surface area contributed by atoms with Gasteiger partial charge < -0.3 is 15.0 Å². The lowest BCUT2D eigenvalue weighted by atomic mass is 10.2. The molecule has 0 aliphatic carbocycles. The summed E-state index contributed by atoms with van der Waals surface area (Å²) in [6.07, 6.45) is 3.43. The van der Waals surface area contributed by atoms with Crippen molar-refractivity contribution in [1.82, 2.24) is 19.9 Å². The molecule has 7 nitrogen and oxygen atoms in total. The van der Waals surface area contributed by atoms with Crippen molar-refractivity contribution in [3.8, 4) is 0 Å². The van der Waals surface area contributed by atoms with E-state index in [0.29, 0.717) is 18.3 Å². The monoisotopic (exact) mass is 281 g/mol. The van der Waals surface area contributed by atoms with Crippen LogP contribution in [0.25, 0.3) is 0 Å². The number of rotatable bonds is 3. The third-order valence-corrected chi connectivity index (χ3v) is 3.91. The van der Waals surface area contributed by atoms with Crippen molar-refractivity contribution in [2.24, 2.45) is 12.8 Å². The topological polar surface area (TPSA) is 92.0 Å². The number of nitrogens with two attached hydrogens (primary N) is 1. The van der Waals surface area contributed by atoms with Crippen LogP contribution in [-0.2, 0) is 11.8 Å². The number of hydrogen-bond donors (Lipinski definition) is 1. The van der Waals surface area contributed by atoms with Gasteiger partial charge in [0, 0.05) is 30.3 Å². The summed E-state index contributed by atoms with van der Waals surface area (Å²) in [7, 11) is 1.84. The summed E-state index contributed by atoms with van der Waals surface area (Å²) in [5.41, 5.74) is 6.92. The van der Waals surface area contributed by atoms with Crippen molar-refractivity contribution in [3.63, 3.8) is 0 Å². The Morgan fingerprint density at radius 1 is 1.58 bits per heavy atom. The highest BCUT2D eigenvalue weighted by Gasteiger charge is 2.24. The molecule has 102 valence electrons. The highest BCUT2D eigenvalue weighted by molar-refractivity contribution is 7.99. The molecule has 3 heterocycles. The lowest BCUT2D eigenvalue weighted by Crippen LogP contribution is -2.17. The van der Waals surface area contributed by atoms with Gasteiger partial charge in [-0.3, -0.25) is 4.68 Å². The third-order valence-electron chi connectivity index (χ3n) is 2.91. The summed E-state index contributed by atoms with van der Waals surface area (Å²) in [5, 5.41) is 8.04. The summed E-state index contributed by atoms with van der Waals surface area (Å²) in [5.74, 6) is 2.82. The average Bonchev–Trinajstić information content (AvgIpc) is 3.08. The van der Waals surface area contributed by atoms with Crippen LogP contribution in [-0.4, -0.2) is 38.0 Å². The van der Waals surface area contributed by atoms with Gasteiger partial charge in [0.2, 0.25) is 11.7 Å². The van der Waals surface area contributed by atoms with Gasteiger partial charge in [0.1, 0.15) is 12.1 Å². The SMILES string of the molecule is Cn1cc(C(N)c2nc(C3CSCCO3)no2)cn1. The van der Waals surface area contributed by atoms with E-state index in [1.165, 1.54) is 0 Å². The Bertz CT molecular complexity index is 549. The zero-order valence-corrected chi connectivity index (χ0v) is 11.3. The second kappa shape index (κ2) is 5.32. The van der Waals surface area contributed by atoms with Gasteiger partial charge in [-0.15, -0.1) is 0 Å². The van der Waals surface area contributed by atoms with Gasteiger partial charge in [0.05, 0.1) is 12.8 Å². The number of aromatic nitrogens is 4. The van der Waals surface area contributed by atoms with Gasteiger partial charge in [0.25, 0.3) is 0 Å². The van der Waals surface area contributed by atoms with Gasteiger partial charge in [-0.1, -0.05) is 5.16 Å². The fourth-order valence-corrected chi connectivity index (χ4v) is 2.72. The molecule has 0 spiro atoms. The highest BCUT2D eigenvalue weighted by atomic mass is 32.2. The van der Waals surface area contributed by atoms with Gasteiger partial charge in [-0.25, -0.2) is 0 Å². The standard InChI is InChI=1S/C11H15N5O2S/c1-16-5-7(4-13-16)9(12)11-14-10(15-18-11)8-6-19-3-2-17-8/h4-5,8-9H,2-3,6,12H2,1H3. The Morgan fingerprint density at radius 2 is 2.47 bits per heavy atom. The predicted molar refractivity (Wildman–Crippen MR) is 69.6 cm³/mol. The summed E-state index contributed by atoms with van der Waals surface area (Å²) < 4.78 is 12.5. The first-order valence-electron chi connectivity index (χ1n) is 6.01. The van der Waals surface area contributed by atoms with Gasteiger partial charge in [-0.2, -0.15) is 21.8 Å². The molecule has 2 unspecified atom stereocenters. The molecule has 1 fully saturated rings. The molecular weight excluding hydrogens is 266 g/mol. The summed E-state index contributed by atoms with van der Waals surface area (Å²) in [6.45, 7) is 0.716. The molecule has 3 rings (SSSR count). The van der Waals surface area contributed by atoms with E-state index < -0.39 is 6.04 Å². The molecule has 1 aliphatic rings. The van der Waals surface area contributed by atoms with Crippen LogP contribution in [0.2, 0.25) is 0 Å². The Hall–Kier alpha value is -1.38. The number of thioether (sulfide) groups is 1. The lowest BCUT2D eigenvalue weighted by Gasteiger charge is -2.18. The molecule has 1 saturated heterocycles. The number of aryl methyl sites for hydroxylation is 1. The normalized spacial score (nSPS) is 21.5. The van der Waals surface area contributed by atoms with Crippen molar-refractivity contribution in [1.29, 1.82) is 0 Å². The van der Waals surface area contributed by atoms with Gasteiger partial charge >= 0.3 is 0 Å². The molecular formula is C11H15N5O2S. The summed E-state index contributed by atoms with van der Waals surface area (Å²) in [6, 6.07) is -0.453. The molecule has 8 heteroatoms. The fourth-order valence-electron chi connectivity index (χ4n) is 1.88. The smallest absolute Gasteiger partial charge is 0.248 e. The van der Waals surface area contributed by atoms with Crippen molar-refractivity contribution >= 4 is 11.8 Å². The first-order valence-corrected chi connectivity index (χ1v) is 7.16. The zero-order valence-electron chi connectivity index (χ0n) is 10.5. The molecule has 0 amide bonds. The largest absolute Gasteiger partial charge is 0.368 e. The van der Waals surface area contributed by atoms with E-state index in [4.69, 9.17) is 15.0 Å². The maximum absolute atomic E-state index is 6.08. The van der Waals surface area contributed by atoms with Crippen LogP contribution in [0.15, 0.2) is 16.9 Å². The minimum atomic E-state index is -0.453. The first kappa shape index (κ1) is 12.6. The Labute approximate surface area is 114 Å². The van der Waals surface area contributed by atoms with Crippen LogP contribution < -0.4 is 5.73 Å². The van der Waals surface area contributed by atoms with E-state index in [0.717, 1.165) is 17.1 Å². The van der Waals surface area contributed by atoms with Crippen LogP contribution in [0.1, 0.15) is 29.4 Å². The second-order valence-electron chi connectivity index (χ2n) is 4.35. The lowest BCUT2D eigenvalue weighted by molar-refractivity contribution is 0.0677. The fraction of sp³-hybridized carbons (Fsp3) is 0.545. The number of ether oxygens (including phenoxy) is 1. The van der Waals surface area contributed by atoms with Crippen LogP contribution in [0, 0.1) is 0 Å². The molecule has 0 aromatic carbocycles. The summed E-state index contributed by atoms with van der Waals surface area (Å²) in [4.78, 5) is 4.34. The van der Waals surface area contributed by atoms with E-state index >= 15 is 0 Å². The zero-order chi connectivity index (χ0) is 13.2. The molecule has 2 aromatic heterocycles. The van der Waals surface area contributed by atoms with E-state index in [1.54, 1.807) is 10.9 Å². The van der Waals surface area contributed by atoms with E-state index in [-0.39, 0.29) is 6.10 Å². The van der Waals surface area contributed by atoms with Crippen molar-refractivity contribution in [2.75, 3.05) is 18.1 Å². The number of nitrogens with zero attached hydrogens (tertiary/aromatic N) is 4. The van der Waals surface area contributed by atoms with E-state index in [2.05, 4.69) is 15.2 Å². The molecule has 2 N–H and O–H groups in total. The third kappa shape index (κ3) is 2.65. The molecule has 1 aliphatic heterocycles.